The molecule has 2 aliphatic heterocycles. The third-order valence-electron chi connectivity index (χ3n) is 9.11. The zero-order valence-corrected chi connectivity index (χ0v) is 25.2. The first kappa shape index (κ1) is 27.8. The van der Waals surface area contributed by atoms with E-state index in [1.807, 2.05) is 17.8 Å². The van der Waals surface area contributed by atoms with Gasteiger partial charge < -0.3 is 24.5 Å². The molecule has 4 heterocycles. The average Bonchev–Trinajstić information content (AvgIpc) is 3.67. The Hall–Kier alpha value is -3.99. The van der Waals surface area contributed by atoms with Gasteiger partial charge in [0.25, 0.3) is 0 Å². The average molecular weight is 587 g/mol. The van der Waals surface area contributed by atoms with Crippen LogP contribution in [-0.2, 0) is 32.5 Å². The SMILES string of the molecule is CCc1c(F)ccc2cc(O)cc(N3CCc4c(nc(OCC5(CN(C)C)CC5)nc4N4CCCn5nncc5C4)C3)c12. The molecule has 1 aliphatic carbocycles. The Morgan fingerprint density at radius 3 is 2.72 bits per heavy atom. The lowest BCUT2D eigenvalue weighted by molar-refractivity contribution is 0.182. The highest BCUT2D eigenvalue weighted by Gasteiger charge is 2.44. The van der Waals surface area contributed by atoms with Crippen molar-refractivity contribution in [2.24, 2.45) is 5.41 Å². The first-order chi connectivity index (χ1) is 20.8. The Kier molecular flexibility index (Phi) is 7.07. The van der Waals surface area contributed by atoms with E-state index in [0.29, 0.717) is 44.2 Å². The van der Waals surface area contributed by atoms with E-state index in [9.17, 15) is 9.50 Å². The van der Waals surface area contributed by atoms with Gasteiger partial charge in [0.1, 0.15) is 17.4 Å². The smallest absolute Gasteiger partial charge is 0.318 e. The van der Waals surface area contributed by atoms with Crippen LogP contribution >= 0.6 is 0 Å². The summed E-state index contributed by atoms with van der Waals surface area (Å²) in [4.78, 5) is 16.8. The summed E-state index contributed by atoms with van der Waals surface area (Å²) in [7, 11) is 4.20. The molecule has 0 unspecified atom stereocenters. The molecule has 0 saturated heterocycles. The van der Waals surface area contributed by atoms with Crippen molar-refractivity contribution < 1.29 is 14.2 Å². The van der Waals surface area contributed by atoms with Gasteiger partial charge >= 0.3 is 6.01 Å². The van der Waals surface area contributed by atoms with Crippen molar-refractivity contribution in [3.63, 3.8) is 0 Å². The number of nitrogens with zero attached hydrogens (tertiary/aromatic N) is 8. The number of phenols is 1. The molecule has 1 N–H and O–H groups in total. The molecule has 0 bridgehead atoms. The van der Waals surface area contributed by atoms with Crippen molar-refractivity contribution >= 4 is 22.3 Å². The number of anilines is 2. The summed E-state index contributed by atoms with van der Waals surface area (Å²) in [6, 6.07) is 7.11. The van der Waals surface area contributed by atoms with Gasteiger partial charge in [-0.1, -0.05) is 18.2 Å². The van der Waals surface area contributed by atoms with Crippen molar-refractivity contribution in [3.8, 4) is 11.8 Å². The van der Waals surface area contributed by atoms with E-state index in [-0.39, 0.29) is 17.0 Å². The number of aryl methyl sites for hydroxylation is 2. The number of ether oxygens (including phenoxy) is 1. The second-order valence-electron chi connectivity index (χ2n) is 12.6. The molecule has 0 amide bonds. The molecule has 2 aromatic heterocycles. The topological polar surface area (TPSA) is 95.7 Å². The van der Waals surface area contributed by atoms with Gasteiger partial charge in [0.2, 0.25) is 0 Å². The predicted octanol–water partition coefficient (Wildman–Crippen LogP) is 4.32. The molecule has 0 atom stereocenters. The minimum Gasteiger partial charge on any atom is -0.508 e. The van der Waals surface area contributed by atoms with Gasteiger partial charge in [0.15, 0.2) is 0 Å². The first-order valence-corrected chi connectivity index (χ1v) is 15.3. The molecule has 3 aliphatic rings. The van der Waals surface area contributed by atoms with E-state index in [4.69, 9.17) is 14.7 Å². The van der Waals surface area contributed by atoms with Gasteiger partial charge in [-0.05, 0) is 69.3 Å². The van der Waals surface area contributed by atoms with Crippen LogP contribution < -0.4 is 14.5 Å². The molecule has 0 radical (unpaired) electrons. The van der Waals surface area contributed by atoms with Crippen LogP contribution in [0.2, 0.25) is 0 Å². The van der Waals surface area contributed by atoms with Gasteiger partial charge in [0.05, 0.1) is 37.3 Å². The van der Waals surface area contributed by atoms with Crippen LogP contribution in [0.5, 0.6) is 11.8 Å². The number of benzene rings is 2. The van der Waals surface area contributed by atoms with Gasteiger partial charge in [-0.15, -0.1) is 5.10 Å². The molecule has 2 aromatic carbocycles. The predicted molar refractivity (Wildman–Crippen MR) is 163 cm³/mol. The van der Waals surface area contributed by atoms with E-state index >= 15 is 0 Å². The molecule has 1 fully saturated rings. The Morgan fingerprint density at radius 2 is 1.93 bits per heavy atom. The normalized spacial score (nSPS) is 17.6. The summed E-state index contributed by atoms with van der Waals surface area (Å²) >= 11 is 0. The molecule has 0 spiro atoms. The fourth-order valence-electron chi connectivity index (χ4n) is 6.86. The van der Waals surface area contributed by atoms with Crippen LogP contribution in [0.15, 0.2) is 30.5 Å². The molecule has 43 heavy (non-hydrogen) atoms. The Morgan fingerprint density at radius 1 is 1.07 bits per heavy atom. The lowest BCUT2D eigenvalue weighted by Gasteiger charge is -2.34. The Balaban J connectivity index is 1.27. The molecular formula is C32H39FN8O2. The number of fused-ring (bicyclic) bond motifs is 3. The Labute approximate surface area is 251 Å². The number of rotatable bonds is 8. The number of phenolic OH excluding ortho intramolecular Hbond substituents is 1. The fourth-order valence-corrected chi connectivity index (χ4v) is 6.86. The van der Waals surface area contributed by atoms with Crippen molar-refractivity contribution in [1.82, 2.24) is 29.9 Å². The monoisotopic (exact) mass is 586 g/mol. The molecule has 7 rings (SSSR count). The summed E-state index contributed by atoms with van der Waals surface area (Å²) in [5.41, 5.74) is 4.73. The first-order valence-electron chi connectivity index (χ1n) is 15.3. The molecular weight excluding hydrogens is 547 g/mol. The maximum atomic E-state index is 15.0. The summed E-state index contributed by atoms with van der Waals surface area (Å²) in [5, 5.41) is 20.7. The number of hydrogen-bond acceptors (Lipinski definition) is 9. The van der Waals surface area contributed by atoms with E-state index < -0.39 is 0 Å². The van der Waals surface area contributed by atoms with Crippen LogP contribution in [0.3, 0.4) is 0 Å². The number of hydrogen-bond donors (Lipinski definition) is 1. The highest BCUT2D eigenvalue weighted by Crippen LogP contribution is 2.46. The van der Waals surface area contributed by atoms with Gasteiger partial charge in [-0.3, -0.25) is 0 Å². The number of aromatic hydroxyl groups is 1. The highest BCUT2D eigenvalue weighted by molar-refractivity contribution is 5.98. The van der Waals surface area contributed by atoms with Crippen molar-refractivity contribution in [2.45, 2.75) is 58.7 Å². The summed E-state index contributed by atoms with van der Waals surface area (Å²) < 4.78 is 23.3. The maximum Gasteiger partial charge on any atom is 0.318 e. The van der Waals surface area contributed by atoms with E-state index in [2.05, 4.69) is 39.1 Å². The number of aromatic nitrogens is 5. The third-order valence-corrected chi connectivity index (χ3v) is 9.11. The second kappa shape index (κ2) is 10.9. The largest absolute Gasteiger partial charge is 0.508 e. The maximum absolute atomic E-state index is 15.0. The molecule has 226 valence electrons. The lowest BCUT2D eigenvalue weighted by Crippen LogP contribution is -2.35. The van der Waals surface area contributed by atoms with Gasteiger partial charge in [-0.25, -0.2) is 9.07 Å². The molecule has 10 nitrogen and oxygen atoms in total. The Bertz CT molecular complexity index is 1670. The summed E-state index contributed by atoms with van der Waals surface area (Å²) in [5.74, 6) is 0.855. The van der Waals surface area contributed by atoms with Gasteiger partial charge in [0, 0.05) is 54.3 Å². The minimum absolute atomic E-state index is 0.150. The summed E-state index contributed by atoms with van der Waals surface area (Å²) in [6.45, 7) is 7.07. The zero-order chi connectivity index (χ0) is 29.7. The van der Waals surface area contributed by atoms with Crippen molar-refractivity contribution in [3.05, 3.63) is 58.8 Å². The van der Waals surface area contributed by atoms with Crippen LogP contribution in [0.1, 0.15) is 48.7 Å². The molecule has 1 saturated carbocycles. The molecule has 11 heteroatoms. The fraction of sp³-hybridized carbons (Fsp3) is 0.500. The van der Waals surface area contributed by atoms with Crippen molar-refractivity contribution in [2.75, 3.05) is 50.1 Å². The quantitative estimate of drug-likeness (QED) is 0.324. The van der Waals surface area contributed by atoms with E-state index in [1.165, 1.54) is 6.07 Å². The van der Waals surface area contributed by atoms with Crippen LogP contribution in [-0.4, -0.2) is 75.3 Å². The van der Waals surface area contributed by atoms with Crippen molar-refractivity contribution in [1.29, 1.82) is 0 Å². The standard InChI is InChI=1S/C32H39FN8O2/c1-4-24-26(33)7-6-21-14-23(42)15-28(29(21)24)39-13-8-25-27(18-39)35-31(43-20-32(9-10-32)19-38(2)3)36-30(25)40-11-5-12-41-22(17-40)16-34-37-41/h6-7,14-16,42H,4-5,8-13,17-20H2,1-3H3. The van der Waals surface area contributed by atoms with E-state index in [0.717, 1.165) is 84.5 Å². The van der Waals surface area contributed by atoms with Gasteiger partial charge in [-0.2, -0.15) is 9.97 Å². The highest BCUT2D eigenvalue weighted by atomic mass is 19.1. The zero-order valence-electron chi connectivity index (χ0n) is 25.2. The minimum atomic E-state index is -0.221. The second-order valence-corrected chi connectivity index (χ2v) is 12.6. The molecule has 4 aromatic rings. The van der Waals surface area contributed by atoms with Crippen LogP contribution in [0.25, 0.3) is 10.8 Å². The number of halogens is 1. The van der Waals surface area contributed by atoms with E-state index in [1.54, 1.807) is 18.2 Å². The lowest BCUT2D eigenvalue weighted by atomic mass is 9.97. The third kappa shape index (κ3) is 5.35. The van der Waals surface area contributed by atoms with Crippen LogP contribution in [0, 0.1) is 11.2 Å². The summed E-state index contributed by atoms with van der Waals surface area (Å²) in [6.07, 6.45) is 6.33. The van der Waals surface area contributed by atoms with Crippen LogP contribution in [0.4, 0.5) is 15.9 Å².